The molecule has 0 unspecified atom stereocenters. The first-order valence-electron chi connectivity index (χ1n) is 9.06. The maximum Gasteiger partial charge on any atom is 0.281 e. The molecular weight excluding hydrogens is 365 g/mol. The Morgan fingerprint density at radius 1 is 1.33 bits per heavy atom. The normalized spacial score (nSPS) is 15.1. The van der Waals surface area contributed by atoms with Gasteiger partial charge in [-0.05, 0) is 44.0 Å². The molecule has 5 nitrogen and oxygen atoms in total. The number of nitrogens with one attached hydrogen (secondary N) is 1. The fourth-order valence-electron chi connectivity index (χ4n) is 3.03. The van der Waals surface area contributed by atoms with Crippen molar-refractivity contribution >= 4 is 28.6 Å². The number of nitrogens with zero attached hydrogens (tertiary/aromatic N) is 2. The Morgan fingerprint density at radius 2 is 2.07 bits per heavy atom. The summed E-state index contributed by atoms with van der Waals surface area (Å²) in [6, 6.07) is 6.91. The van der Waals surface area contributed by atoms with Crippen molar-refractivity contribution in [3.8, 4) is 0 Å². The molecule has 0 saturated carbocycles. The van der Waals surface area contributed by atoms with Crippen LogP contribution in [-0.4, -0.2) is 37.9 Å². The predicted octanol–water partition coefficient (Wildman–Crippen LogP) is 3.75. The third kappa shape index (κ3) is 4.54. The molecule has 1 aliphatic rings. The highest BCUT2D eigenvalue weighted by atomic mass is 32.1. The van der Waals surface area contributed by atoms with Crippen molar-refractivity contribution in [2.75, 3.05) is 31.2 Å². The van der Waals surface area contributed by atoms with Crippen molar-refractivity contribution in [3.63, 3.8) is 0 Å². The van der Waals surface area contributed by atoms with Crippen LogP contribution >= 0.6 is 11.3 Å². The molecule has 7 heteroatoms. The quantitative estimate of drug-likeness (QED) is 0.626. The van der Waals surface area contributed by atoms with Gasteiger partial charge in [-0.3, -0.25) is 4.79 Å². The Bertz CT molecular complexity index is 857. The van der Waals surface area contributed by atoms with E-state index in [1.165, 1.54) is 22.3 Å². The van der Waals surface area contributed by atoms with Crippen LogP contribution in [-0.2, 0) is 11.2 Å². The summed E-state index contributed by atoms with van der Waals surface area (Å²) in [5, 5.41) is 4.14. The SMILES string of the molecule is CCc1sc(C(=O)NN=C(C)c2ccc(N3CCOCC3)c(F)c2)cc1C. The average molecular weight is 389 g/mol. The van der Waals surface area contributed by atoms with Crippen molar-refractivity contribution in [2.45, 2.75) is 27.2 Å². The number of hydrazone groups is 1. The second-order valence-electron chi connectivity index (χ2n) is 6.47. The number of carbonyl (C=O) groups is 1. The van der Waals surface area contributed by atoms with Crippen LogP contribution in [0.15, 0.2) is 29.4 Å². The summed E-state index contributed by atoms with van der Waals surface area (Å²) in [6.45, 7) is 8.39. The minimum Gasteiger partial charge on any atom is -0.378 e. The molecule has 2 aromatic rings. The standard InChI is InChI=1S/C20H24FN3O2S/c1-4-18-13(2)11-19(27-18)20(25)23-22-14(3)15-5-6-17(16(21)12-15)24-7-9-26-10-8-24/h5-6,11-12H,4,7-10H2,1-3H3,(H,23,25). The van der Waals surface area contributed by atoms with Crippen LogP contribution in [0, 0.1) is 12.7 Å². The number of thiophene rings is 1. The van der Waals surface area contributed by atoms with Gasteiger partial charge in [0.2, 0.25) is 0 Å². The maximum absolute atomic E-state index is 14.5. The average Bonchev–Trinajstić information content (AvgIpc) is 3.07. The van der Waals surface area contributed by atoms with E-state index < -0.39 is 0 Å². The lowest BCUT2D eigenvalue weighted by Gasteiger charge is -2.29. The summed E-state index contributed by atoms with van der Waals surface area (Å²) in [5.74, 6) is -0.538. The molecule has 1 aromatic carbocycles. The first-order chi connectivity index (χ1) is 13.0. The lowest BCUT2D eigenvalue weighted by atomic mass is 10.1. The van der Waals surface area contributed by atoms with E-state index >= 15 is 0 Å². The highest BCUT2D eigenvalue weighted by Crippen LogP contribution is 2.23. The lowest BCUT2D eigenvalue weighted by Crippen LogP contribution is -2.36. The van der Waals surface area contributed by atoms with Gasteiger partial charge in [0.05, 0.1) is 29.5 Å². The van der Waals surface area contributed by atoms with E-state index in [4.69, 9.17) is 4.74 Å². The zero-order valence-electron chi connectivity index (χ0n) is 15.8. The Hall–Kier alpha value is -2.25. The van der Waals surface area contributed by atoms with Crippen molar-refractivity contribution in [3.05, 3.63) is 51.0 Å². The number of aryl methyl sites for hydroxylation is 2. The third-order valence-electron chi connectivity index (χ3n) is 4.61. The van der Waals surface area contributed by atoms with Crippen LogP contribution in [0.2, 0.25) is 0 Å². The molecule has 3 rings (SSSR count). The van der Waals surface area contributed by atoms with Crippen LogP contribution in [0.25, 0.3) is 0 Å². The fraction of sp³-hybridized carbons (Fsp3) is 0.400. The second-order valence-corrected chi connectivity index (χ2v) is 7.61. The Labute approximate surface area is 162 Å². The van der Waals surface area contributed by atoms with Gasteiger partial charge in [-0.25, -0.2) is 9.82 Å². The maximum atomic E-state index is 14.5. The van der Waals surface area contributed by atoms with Gasteiger partial charge in [-0.15, -0.1) is 11.3 Å². The van der Waals surface area contributed by atoms with Crippen LogP contribution < -0.4 is 10.3 Å². The van der Waals surface area contributed by atoms with Crippen molar-refractivity contribution in [1.29, 1.82) is 0 Å². The fourth-order valence-corrected chi connectivity index (χ4v) is 4.03. The van der Waals surface area contributed by atoms with Crippen molar-refractivity contribution in [2.24, 2.45) is 5.10 Å². The summed E-state index contributed by atoms with van der Waals surface area (Å²) in [5.41, 5.74) is 5.45. The Kier molecular flexibility index (Phi) is 6.23. The number of amides is 1. The zero-order chi connectivity index (χ0) is 19.4. The molecule has 0 atom stereocenters. The van der Waals surface area contributed by atoms with E-state index in [2.05, 4.69) is 17.5 Å². The van der Waals surface area contributed by atoms with Crippen LogP contribution in [0.1, 0.15) is 39.5 Å². The van der Waals surface area contributed by atoms with E-state index in [9.17, 15) is 9.18 Å². The minimum atomic E-state index is -0.295. The number of anilines is 1. The molecule has 1 N–H and O–H groups in total. The topological polar surface area (TPSA) is 53.9 Å². The molecule has 1 fully saturated rings. The third-order valence-corrected chi connectivity index (χ3v) is 5.99. The van der Waals surface area contributed by atoms with Gasteiger partial charge in [0.15, 0.2) is 0 Å². The van der Waals surface area contributed by atoms with Gasteiger partial charge in [-0.1, -0.05) is 13.0 Å². The number of hydrogen-bond donors (Lipinski definition) is 1. The smallest absolute Gasteiger partial charge is 0.281 e. The van der Waals surface area contributed by atoms with Gasteiger partial charge in [-0.2, -0.15) is 5.10 Å². The number of benzene rings is 1. The van der Waals surface area contributed by atoms with Crippen LogP contribution in [0.4, 0.5) is 10.1 Å². The highest BCUT2D eigenvalue weighted by molar-refractivity contribution is 7.14. The van der Waals surface area contributed by atoms with Crippen LogP contribution in [0.5, 0.6) is 0 Å². The van der Waals surface area contributed by atoms with Gasteiger partial charge < -0.3 is 9.64 Å². The van der Waals surface area contributed by atoms with E-state index in [0.29, 0.717) is 48.1 Å². The zero-order valence-corrected chi connectivity index (χ0v) is 16.7. The van der Waals surface area contributed by atoms with E-state index in [0.717, 1.165) is 12.0 Å². The molecule has 2 heterocycles. The molecule has 27 heavy (non-hydrogen) atoms. The number of morpholine rings is 1. The van der Waals surface area contributed by atoms with Crippen molar-refractivity contribution in [1.82, 2.24) is 5.43 Å². The molecule has 1 aliphatic heterocycles. The lowest BCUT2D eigenvalue weighted by molar-refractivity contribution is 0.0959. The van der Waals surface area contributed by atoms with Gasteiger partial charge in [0.25, 0.3) is 5.91 Å². The largest absolute Gasteiger partial charge is 0.378 e. The van der Waals surface area contributed by atoms with Crippen molar-refractivity contribution < 1.29 is 13.9 Å². The molecule has 144 valence electrons. The first kappa shape index (κ1) is 19.5. The van der Waals surface area contributed by atoms with E-state index in [1.54, 1.807) is 13.0 Å². The summed E-state index contributed by atoms with van der Waals surface area (Å²) in [6.07, 6.45) is 0.904. The number of halogens is 1. The number of rotatable bonds is 5. The summed E-state index contributed by atoms with van der Waals surface area (Å²) >= 11 is 1.48. The number of carbonyl (C=O) groups excluding carboxylic acids is 1. The van der Waals surface area contributed by atoms with Crippen LogP contribution in [0.3, 0.4) is 0 Å². The molecule has 0 bridgehead atoms. The second kappa shape index (κ2) is 8.63. The minimum absolute atomic E-state index is 0.243. The van der Waals surface area contributed by atoms with E-state index in [-0.39, 0.29) is 11.7 Å². The van der Waals surface area contributed by atoms with Gasteiger partial charge >= 0.3 is 0 Å². The Balaban J connectivity index is 1.69. The molecule has 0 radical (unpaired) electrons. The van der Waals surface area contributed by atoms with E-state index in [1.807, 2.05) is 24.0 Å². The summed E-state index contributed by atoms with van der Waals surface area (Å²) in [4.78, 5) is 16.1. The monoisotopic (exact) mass is 389 g/mol. The highest BCUT2D eigenvalue weighted by Gasteiger charge is 2.16. The van der Waals surface area contributed by atoms with Gasteiger partial charge in [0, 0.05) is 23.5 Å². The number of hydrogen-bond acceptors (Lipinski definition) is 5. The summed E-state index contributed by atoms with van der Waals surface area (Å²) in [7, 11) is 0. The molecule has 0 spiro atoms. The molecule has 1 aromatic heterocycles. The first-order valence-corrected chi connectivity index (χ1v) is 9.87. The summed E-state index contributed by atoms with van der Waals surface area (Å²) < 4.78 is 19.8. The molecule has 1 saturated heterocycles. The number of ether oxygens (including phenoxy) is 1. The molecule has 1 amide bonds. The Morgan fingerprint density at radius 3 is 2.70 bits per heavy atom. The predicted molar refractivity (Wildman–Crippen MR) is 108 cm³/mol. The molecule has 0 aliphatic carbocycles. The molecular formula is C20H24FN3O2S. The van der Waals surface area contributed by atoms with Gasteiger partial charge in [0.1, 0.15) is 5.82 Å².